The Morgan fingerprint density at radius 2 is 1.65 bits per heavy atom. The average molecular weight is 425 g/mol. The van der Waals surface area contributed by atoms with Gasteiger partial charge in [-0.25, -0.2) is 4.99 Å². The molecule has 6 heteroatoms. The summed E-state index contributed by atoms with van der Waals surface area (Å²) in [5, 5.41) is 0.615. The molecule has 3 aromatic rings. The maximum absolute atomic E-state index is 13.0. The Hall–Kier alpha value is -2.57. The van der Waals surface area contributed by atoms with Gasteiger partial charge in [-0.05, 0) is 64.1 Å². The first-order valence-electron chi connectivity index (χ1n) is 7.89. The third-order valence-electron chi connectivity index (χ3n) is 3.67. The van der Waals surface area contributed by atoms with Gasteiger partial charge in [0.25, 0.3) is 5.91 Å². The lowest BCUT2D eigenvalue weighted by molar-refractivity contribution is -0.113. The molecule has 0 N–H and O–H groups in total. The van der Waals surface area contributed by atoms with Crippen molar-refractivity contribution in [1.82, 2.24) is 0 Å². The molecule has 1 aromatic heterocycles. The van der Waals surface area contributed by atoms with Gasteiger partial charge in [-0.1, -0.05) is 36.4 Å². The summed E-state index contributed by atoms with van der Waals surface area (Å²) < 4.78 is 6.13. The molecule has 1 saturated heterocycles. The summed E-state index contributed by atoms with van der Waals surface area (Å²) in [5.41, 5.74) is 1.58. The second kappa shape index (κ2) is 7.35. The van der Waals surface area contributed by atoms with Crippen molar-refractivity contribution in [1.29, 1.82) is 0 Å². The van der Waals surface area contributed by atoms with E-state index in [9.17, 15) is 4.79 Å². The Labute approximate surface area is 163 Å². The number of amidine groups is 1. The summed E-state index contributed by atoms with van der Waals surface area (Å²) in [6.45, 7) is 0. The molecule has 0 unspecified atom stereocenters. The number of benzene rings is 2. The minimum Gasteiger partial charge on any atom is -0.450 e. The van der Waals surface area contributed by atoms with Gasteiger partial charge in [-0.2, -0.15) is 0 Å². The molecule has 1 aliphatic rings. The number of aliphatic imine (C=N–C) groups is 1. The van der Waals surface area contributed by atoms with Crippen LogP contribution in [0.4, 0.5) is 11.4 Å². The predicted molar refractivity (Wildman–Crippen MR) is 109 cm³/mol. The van der Waals surface area contributed by atoms with E-state index < -0.39 is 0 Å². The molecule has 0 atom stereocenters. The molecule has 1 aliphatic heterocycles. The van der Waals surface area contributed by atoms with Gasteiger partial charge < -0.3 is 4.42 Å². The fraction of sp³-hybridized carbons (Fsp3) is 0. The number of amides is 1. The first kappa shape index (κ1) is 16.9. The molecule has 1 amide bonds. The van der Waals surface area contributed by atoms with Crippen LogP contribution < -0.4 is 4.90 Å². The second-order valence-electron chi connectivity index (χ2n) is 5.46. The maximum Gasteiger partial charge on any atom is 0.271 e. The van der Waals surface area contributed by atoms with E-state index in [0.717, 1.165) is 11.4 Å². The van der Waals surface area contributed by atoms with E-state index in [1.54, 1.807) is 17.0 Å². The van der Waals surface area contributed by atoms with E-state index in [0.29, 0.717) is 20.5 Å². The van der Waals surface area contributed by atoms with Gasteiger partial charge in [0.15, 0.2) is 9.84 Å². The summed E-state index contributed by atoms with van der Waals surface area (Å²) in [6.07, 6.45) is 1.74. The van der Waals surface area contributed by atoms with Crippen molar-refractivity contribution < 1.29 is 9.21 Å². The summed E-state index contributed by atoms with van der Waals surface area (Å²) in [4.78, 5) is 19.9. The Balaban J connectivity index is 1.77. The number of furan rings is 1. The first-order chi connectivity index (χ1) is 12.7. The molecular formula is C20H13BrN2O2S. The maximum atomic E-state index is 13.0. The van der Waals surface area contributed by atoms with Gasteiger partial charge in [-0.3, -0.25) is 9.69 Å². The fourth-order valence-electron chi connectivity index (χ4n) is 2.50. The Morgan fingerprint density at radius 3 is 2.31 bits per heavy atom. The molecule has 2 aromatic carbocycles. The van der Waals surface area contributed by atoms with E-state index in [1.165, 1.54) is 11.8 Å². The van der Waals surface area contributed by atoms with Crippen LogP contribution >= 0.6 is 27.7 Å². The third-order valence-corrected chi connectivity index (χ3v) is 5.06. The van der Waals surface area contributed by atoms with Crippen LogP contribution in [0.3, 0.4) is 0 Å². The number of nitrogens with zero attached hydrogens (tertiary/aromatic N) is 2. The highest BCUT2D eigenvalue weighted by Crippen LogP contribution is 2.37. The lowest BCUT2D eigenvalue weighted by Crippen LogP contribution is -2.28. The van der Waals surface area contributed by atoms with Crippen molar-refractivity contribution in [2.45, 2.75) is 0 Å². The summed E-state index contributed by atoms with van der Waals surface area (Å²) in [7, 11) is 0. The molecule has 0 radical (unpaired) electrons. The van der Waals surface area contributed by atoms with Crippen molar-refractivity contribution in [2.75, 3.05) is 4.90 Å². The van der Waals surface area contributed by atoms with E-state index in [1.807, 2.05) is 66.7 Å². The number of carbonyl (C=O) groups is 1. The number of halogens is 1. The molecule has 4 rings (SSSR count). The fourth-order valence-corrected chi connectivity index (χ4v) is 3.80. The van der Waals surface area contributed by atoms with Crippen LogP contribution in [0.1, 0.15) is 5.76 Å². The van der Waals surface area contributed by atoms with E-state index in [-0.39, 0.29) is 5.91 Å². The topological polar surface area (TPSA) is 45.8 Å². The molecule has 1 fully saturated rings. The molecule has 0 saturated carbocycles. The van der Waals surface area contributed by atoms with Crippen LogP contribution in [0.15, 0.2) is 91.8 Å². The van der Waals surface area contributed by atoms with Crippen molar-refractivity contribution in [3.63, 3.8) is 0 Å². The standard InChI is InChI=1S/C20H13BrN2O2S/c21-18-12-11-16(25-18)13-17-19(24)23(15-9-5-2-6-10-15)20(26-17)22-14-7-3-1-4-8-14/h1-13H. The lowest BCUT2D eigenvalue weighted by Gasteiger charge is -2.15. The van der Waals surface area contributed by atoms with Gasteiger partial charge in [-0.15, -0.1) is 0 Å². The monoisotopic (exact) mass is 424 g/mol. The third kappa shape index (κ3) is 3.52. The summed E-state index contributed by atoms with van der Waals surface area (Å²) in [5.74, 6) is 0.491. The van der Waals surface area contributed by atoms with Gasteiger partial charge in [0.05, 0.1) is 16.3 Å². The van der Waals surface area contributed by atoms with Crippen LogP contribution in [0.25, 0.3) is 6.08 Å². The zero-order valence-corrected chi connectivity index (χ0v) is 15.9. The molecule has 0 aliphatic carbocycles. The highest BCUT2D eigenvalue weighted by Gasteiger charge is 2.34. The number of carbonyl (C=O) groups excluding carboxylic acids is 1. The Kier molecular flexibility index (Phi) is 4.77. The molecule has 26 heavy (non-hydrogen) atoms. The number of hydrogen-bond acceptors (Lipinski definition) is 4. The SMILES string of the molecule is O=C1C(=Cc2ccc(Br)o2)SC(=Nc2ccccc2)N1c1ccccc1. The first-order valence-corrected chi connectivity index (χ1v) is 9.50. The minimum atomic E-state index is -0.122. The predicted octanol–water partition coefficient (Wildman–Crippen LogP) is 5.85. The Morgan fingerprint density at radius 1 is 0.962 bits per heavy atom. The molecule has 4 nitrogen and oxygen atoms in total. The number of para-hydroxylation sites is 2. The van der Waals surface area contributed by atoms with Crippen LogP contribution in [-0.2, 0) is 4.79 Å². The summed E-state index contributed by atoms with van der Waals surface area (Å²) >= 11 is 4.61. The smallest absolute Gasteiger partial charge is 0.271 e. The van der Waals surface area contributed by atoms with Gasteiger partial charge in [0, 0.05) is 6.08 Å². The zero-order chi connectivity index (χ0) is 17.9. The van der Waals surface area contributed by atoms with Gasteiger partial charge in [0.1, 0.15) is 5.76 Å². The largest absolute Gasteiger partial charge is 0.450 e. The highest BCUT2D eigenvalue weighted by atomic mass is 79.9. The van der Waals surface area contributed by atoms with Crippen molar-refractivity contribution >= 4 is 56.2 Å². The van der Waals surface area contributed by atoms with Crippen LogP contribution in [0.5, 0.6) is 0 Å². The van der Waals surface area contributed by atoms with E-state index in [2.05, 4.69) is 20.9 Å². The zero-order valence-electron chi connectivity index (χ0n) is 13.5. The number of anilines is 1. The second-order valence-corrected chi connectivity index (χ2v) is 7.25. The molecule has 0 bridgehead atoms. The lowest BCUT2D eigenvalue weighted by atomic mass is 10.3. The molecule has 128 valence electrons. The number of hydrogen-bond donors (Lipinski definition) is 0. The quantitative estimate of drug-likeness (QED) is 0.495. The van der Waals surface area contributed by atoms with Gasteiger partial charge >= 0.3 is 0 Å². The van der Waals surface area contributed by atoms with Crippen molar-refractivity contribution in [2.24, 2.45) is 4.99 Å². The van der Waals surface area contributed by atoms with E-state index >= 15 is 0 Å². The molecular weight excluding hydrogens is 412 g/mol. The van der Waals surface area contributed by atoms with Crippen molar-refractivity contribution in [3.05, 3.63) is 88.1 Å². The highest BCUT2D eigenvalue weighted by molar-refractivity contribution is 9.10. The normalized spacial score (nSPS) is 17.4. The van der Waals surface area contributed by atoms with E-state index in [4.69, 9.17) is 4.42 Å². The molecule has 2 heterocycles. The summed E-state index contributed by atoms with van der Waals surface area (Å²) in [6, 6.07) is 22.7. The molecule has 0 spiro atoms. The minimum absolute atomic E-state index is 0.122. The van der Waals surface area contributed by atoms with Crippen LogP contribution in [0.2, 0.25) is 0 Å². The number of thioether (sulfide) groups is 1. The van der Waals surface area contributed by atoms with Crippen LogP contribution in [-0.4, -0.2) is 11.1 Å². The van der Waals surface area contributed by atoms with Gasteiger partial charge in [0.2, 0.25) is 0 Å². The van der Waals surface area contributed by atoms with Crippen molar-refractivity contribution in [3.8, 4) is 0 Å². The number of rotatable bonds is 3. The van der Waals surface area contributed by atoms with Crippen LogP contribution in [0, 0.1) is 0 Å². The average Bonchev–Trinajstić information content (AvgIpc) is 3.20. The Bertz CT molecular complexity index is 997.